The van der Waals surface area contributed by atoms with Crippen LogP contribution in [0, 0.1) is 6.92 Å². The van der Waals surface area contributed by atoms with Crippen molar-refractivity contribution in [2.75, 3.05) is 11.9 Å². The van der Waals surface area contributed by atoms with Crippen LogP contribution in [0.1, 0.15) is 21.9 Å². The summed E-state index contributed by atoms with van der Waals surface area (Å²) < 4.78 is 6.25. The van der Waals surface area contributed by atoms with E-state index >= 15 is 0 Å². The molecule has 0 fully saturated rings. The maximum atomic E-state index is 11.0. The van der Waals surface area contributed by atoms with Crippen molar-refractivity contribution in [2.45, 2.75) is 13.5 Å². The lowest BCUT2D eigenvalue weighted by Gasteiger charge is -2.18. The Morgan fingerprint density at radius 2 is 2.11 bits per heavy atom. The van der Waals surface area contributed by atoms with Gasteiger partial charge in [-0.25, -0.2) is 4.79 Å². The van der Waals surface area contributed by atoms with Crippen LogP contribution in [0.3, 0.4) is 0 Å². The van der Waals surface area contributed by atoms with Gasteiger partial charge in [-0.2, -0.15) is 0 Å². The minimum absolute atomic E-state index is 0.256. The summed E-state index contributed by atoms with van der Waals surface area (Å²) in [5.74, 6) is 0.769. The fraction of sp³-hybridized carbons (Fsp3) is 0.214. The first-order valence-corrected chi connectivity index (χ1v) is 6.55. The summed E-state index contributed by atoms with van der Waals surface area (Å²) in [4.78, 5) is 13.0. The Hall–Kier alpha value is -1.75. The molecule has 4 nitrogen and oxygen atoms in total. The molecule has 0 aliphatic heterocycles. The molecule has 0 bridgehead atoms. The number of carbonyl (C=O) groups is 1. The predicted molar refractivity (Wildman–Crippen MR) is 76.7 cm³/mol. The molecular formula is C14H14BrNO3. The molecule has 0 amide bonds. The number of carboxylic acid groups (broad SMARTS) is 1. The van der Waals surface area contributed by atoms with Crippen LogP contribution in [0.4, 0.5) is 5.69 Å². The molecule has 2 rings (SSSR count). The minimum Gasteiger partial charge on any atom is -0.478 e. The fourth-order valence-electron chi connectivity index (χ4n) is 1.81. The molecule has 0 aliphatic carbocycles. The smallest absolute Gasteiger partial charge is 0.335 e. The van der Waals surface area contributed by atoms with Crippen molar-refractivity contribution in [1.29, 1.82) is 0 Å². The van der Waals surface area contributed by atoms with E-state index in [1.54, 1.807) is 12.1 Å². The van der Waals surface area contributed by atoms with Crippen LogP contribution in [0.15, 0.2) is 39.2 Å². The first-order chi connectivity index (χ1) is 8.95. The van der Waals surface area contributed by atoms with Gasteiger partial charge in [0.25, 0.3) is 0 Å². The number of furan rings is 1. The van der Waals surface area contributed by atoms with Gasteiger partial charge in [0.1, 0.15) is 11.5 Å². The standard InChI is InChI=1S/C14H14BrNO3/c1-9-3-4-13(19-9)8-16(2)12-6-10(14(17)18)5-11(15)7-12/h3-7H,8H2,1-2H3,(H,17,18). The van der Waals surface area contributed by atoms with Crippen LogP contribution in [0.2, 0.25) is 0 Å². The zero-order valence-electron chi connectivity index (χ0n) is 10.7. The second-order valence-corrected chi connectivity index (χ2v) is 5.29. The Balaban J connectivity index is 2.23. The van der Waals surface area contributed by atoms with Crippen molar-refractivity contribution < 1.29 is 14.3 Å². The number of carboxylic acids is 1. The molecule has 0 aliphatic rings. The summed E-state index contributed by atoms with van der Waals surface area (Å²) in [5.41, 5.74) is 1.08. The van der Waals surface area contributed by atoms with E-state index in [0.29, 0.717) is 6.54 Å². The van der Waals surface area contributed by atoms with Crippen molar-refractivity contribution in [3.8, 4) is 0 Å². The van der Waals surface area contributed by atoms with E-state index in [4.69, 9.17) is 9.52 Å². The van der Waals surface area contributed by atoms with Crippen LogP contribution >= 0.6 is 15.9 Å². The number of hydrogen-bond donors (Lipinski definition) is 1. The number of aryl methyl sites for hydroxylation is 1. The Morgan fingerprint density at radius 3 is 2.68 bits per heavy atom. The Bertz CT molecular complexity index is 606. The van der Waals surface area contributed by atoms with Crippen LogP contribution in [-0.2, 0) is 6.54 Å². The number of anilines is 1. The Morgan fingerprint density at radius 1 is 1.37 bits per heavy atom. The summed E-state index contributed by atoms with van der Waals surface area (Å²) in [6.07, 6.45) is 0. The molecule has 0 saturated carbocycles. The van der Waals surface area contributed by atoms with Crippen LogP contribution < -0.4 is 4.90 Å². The molecular weight excluding hydrogens is 310 g/mol. The van der Waals surface area contributed by atoms with Gasteiger partial charge in [-0.1, -0.05) is 15.9 Å². The van der Waals surface area contributed by atoms with Crippen LogP contribution in [-0.4, -0.2) is 18.1 Å². The van der Waals surface area contributed by atoms with Gasteiger partial charge >= 0.3 is 5.97 Å². The molecule has 19 heavy (non-hydrogen) atoms. The Labute approximate surface area is 119 Å². The number of halogens is 1. The van der Waals surface area contributed by atoms with Crippen molar-refractivity contribution in [2.24, 2.45) is 0 Å². The molecule has 0 spiro atoms. The van der Waals surface area contributed by atoms with Gasteiger partial charge in [0.05, 0.1) is 12.1 Å². The molecule has 2 aromatic rings. The van der Waals surface area contributed by atoms with E-state index < -0.39 is 5.97 Å². The lowest BCUT2D eigenvalue weighted by molar-refractivity contribution is 0.0697. The van der Waals surface area contributed by atoms with Gasteiger partial charge in [0.2, 0.25) is 0 Å². The topological polar surface area (TPSA) is 53.7 Å². The quantitative estimate of drug-likeness (QED) is 0.932. The van der Waals surface area contributed by atoms with Gasteiger partial charge in [0.15, 0.2) is 0 Å². The molecule has 0 radical (unpaired) electrons. The number of aromatic carboxylic acids is 1. The molecule has 100 valence electrons. The summed E-state index contributed by atoms with van der Waals surface area (Å²) in [5, 5.41) is 9.05. The summed E-state index contributed by atoms with van der Waals surface area (Å²) in [6, 6.07) is 8.93. The third-order valence-electron chi connectivity index (χ3n) is 2.76. The summed E-state index contributed by atoms with van der Waals surface area (Å²) >= 11 is 3.33. The molecule has 0 unspecified atom stereocenters. The van der Waals surface area contributed by atoms with E-state index in [2.05, 4.69) is 15.9 Å². The highest BCUT2D eigenvalue weighted by Gasteiger charge is 2.10. The molecule has 0 saturated heterocycles. The average molecular weight is 324 g/mol. The van der Waals surface area contributed by atoms with E-state index in [0.717, 1.165) is 21.7 Å². The van der Waals surface area contributed by atoms with Gasteiger partial charge < -0.3 is 14.4 Å². The lowest BCUT2D eigenvalue weighted by atomic mass is 10.2. The first-order valence-electron chi connectivity index (χ1n) is 5.76. The highest BCUT2D eigenvalue weighted by Crippen LogP contribution is 2.24. The van der Waals surface area contributed by atoms with Crippen LogP contribution in [0.25, 0.3) is 0 Å². The zero-order chi connectivity index (χ0) is 14.0. The zero-order valence-corrected chi connectivity index (χ0v) is 12.3. The first kappa shape index (κ1) is 13.7. The summed E-state index contributed by atoms with van der Waals surface area (Å²) in [7, 11) is 1.89. The number of hydrogen-bond acceptors (Lipinski definition) is 3. The highest BCUT2D eigenvalue weighted by molar-refractivity contribution is 9.10. The van der Waals surface area contributed by atoms with Gasteiger partial charge in [-0.3, -0.25) is 0 Å². The SMILES string of the molecule is Cc1ccc(CN(C)c2cc(Br)cc(C(=O)O)c2)o1. The third-order valence-corrected chi connectivity index (χ3v) is 3.22. The normalized spacial score (nSPS) is 10.5. The van der Waals surface area contributed by atoms with Crippen molar-refractivity contribution >= 4 is 27.6 Å². The van der Waals surface area contributed by atoms with Crippen molar-refractivity contribution in [3.05, 3.63) is 51.9 Å². The molecule has 5 heteroatoms. The second-order valence-electron chi connectivity index (χ2n) is 4.37. The molecule has 1 N–H and O–H groups in total. The fourth-order valence-corrected chi connectivity index (χ4v) is 2.29. The minimum atomic E-state index is -0.940. The van der Waals surface area contributed by atoms with Gasteiger partial charge in [-0.15, -0.1) is 0 Å². The molecule has 1 heterocycles. The van der Waals surface area contributed by atoms with Gasteiger partial charge in [0, 0.05) is 17.2 Å². The van der Waals surface area contributed by atoms with E-state index in [1.165, 1.54) is 0 Å². The van der Waals surface area contributed by atoms with Crippen LogP contribution in [0.5, 0.6) is 0 Å². The number of benzene rings is 1. The maximum absolute atomic E-state index is 11.0. The largest absolute Gasteiger partial charge is 0.478 e. The van der Waals surface area contributed by atoms with Crippen molar-refractivity contribution in [1.82, 2.24) is 0 Å². The number of nitrogens with zero attached hydrogens (tertiary/aromatic N) is 1. The summed E-state index contributed by atoms with van der Waals surface area (Å²) in [6.45, 7) is 2.48. The monoisotopic (exact) mass is 323 g/mol. The molecule has 1 aromatic heterocycles. The number of rotatable bonds is 4. The Kier molecular flexibility index (Phi) is 3.95. The highest BCUT2D eigenvalue weighted by atomic mass is 79.9. The van der Waals surface area contributed by atoms with Gasteiger partial charge in [-0.05, 0) is 37.3 Å². The average Bonchev–Trinajstić information content (AvgIpc) is 2.73. The van der Waals surface area contributed by atoms with E-state index in [9.17, 15) is 4.79 Å². The maximum Gasteiger partial charge on any atom is 0.335 e. The lowest BCUT2D eigenvalue weighted by Crippen LogP contribution is -2.16. The third kappa shape index (κ3) is 3.38. The van der Waals surface area contributed by atoms with E-state index in [1.807, 2.05) is 37.1 Å². The van der Waals surface area contributed by atoms with E-state index in [-0.39, 0.29) is 5.56 Å². The van der Waals surface area contributed by atoms with Crippen molar-refractivity contribution in [3.63, 3.8) is 0 Å². The molecule has 0 atom stereocenters. The molecule has 1 aromatic carbocycles. The second kappa shape index (κ2) is 5.48. The predicted octanol–water partition coefficient (Wildman–Crippen LogP) is 3.69.